The number of benzene rings is 1. The fraction of sp³-hybridized carbons (Fsp3) is 0.333. The summed E-state index contributed by atoms with van der Waals surface area (Å²) in [7, 11) is 1.69. The predicted octanol–water partition coefficient (Wildman–Crippen LogP) is 3.80. The van der Waals surface area contributed by atoms with Gasteiger partial charge in [0.2, 0.25) is 0 Å². The Morgan fingerprint density at radius 1 is 1.16 bits per heavy atom. The predicted molar refractivity (Wildman–Crippen MR) is 107 cm³/mol. The zero-order chi connectivity index (χ0) is 16.1. The summed E-state index contributed by atoms with van der Waals surface area (Å²) in [6, 6.07) is 10.2. The second kappa shape index (κ2) is 10.2. The van der Waals surface area contributed by atoms with E-state index in [4.69, 9.17) is 4.74 Å². The van der Waals surface area contributed by atoms with Crippen molar-refractivity contribution in [3.63, 3.8) is 0 Å². The van der Waals surface area contributed by atoms with Gasteiger partial charge >= 0.3 is 0 Å². The smallest absolute Gasteiger partial charge is 0.130 e. The van der Waals surface area contributed by atoms with Gasteiger partial charge in [0.1, 0.15) is 17.4 Å². The zero-order valence-corrected chi connectivity index (χ0v) is 16.1. The number of nitrogens with zero attached hydrogens (tertiary/aromatic N) is 3. The third kappa shape index (κ3) is 5.88. The lowest BCUT2D eigenvalue weighted by atomic mass is 9.99. The molecule has 136 valence electrons. The lowest BCUT2D eigenvalue weighted by Crippen LogP contribution is -2.33. The summed E-state index contributed by atoms with van der Waals surface area (Å²) >= 11 is 0. The average Bonchev–Trinajstić information content (AvgIpc) is 2.61. The van der Waals surface area contributed by atoms with Crippen molar-refractivity contribution in [1.82, 2.24) is 14.9 Å². The number of anilines is 1. The molecule has 0 amide bonds. The number of aromatic nitrogens is 2. The van der Waals surface area contributed by atoms with Crippen molar-refractivity contribution in [3.05, 3.63) is 54.0 Å². The molecule has 1 aromatic heterocycles. The summed E-state index contributed by atoms with van der Waals surface area (Å²) < 4.78 is 5.21. The number of hydrogen-bond donors (Lipinski definition) is 1. The van der Waals surface area contributed by atoms with Crippen LogP contribution >= 0.6 is 24.8 Å². The van der Waals surface area contributed by atoms with Crippen LogP contribution in [0.15, 0.2) is 42.6 Å². The topological polar surface area (TPSA) is 50.3 Å². The van der Waals surface area contributed by atoms with Crippen molar-refractivity contribution >= 4 is 36.2 Å². The van der Waals surface area contributed by atoms with Gasteiger partial charge in [0.05, 0.1) is 13.8 Å². The maximum atomic E-state index is 5.21. The van der Waals surface area contributed by atoms with E-state index < -0.39 is 0 Å². The average molecular weight is 383 g/mol. The van der Waals surface area contributed by atoms with E-state index in [0.29, 0.717) is 0 Å². The molecular weight excluding hydrogens is 359 g/mol. The van der Waals surface area contributed by atoms with Gasteiger partial charge in [-0.25, -0.2) is 9.97 Å². The van der Waals surface area contributed by atoms with Crippen LogP contribution in [0.5, 0.6) is 5.75 Å². The number of nitrogens with one attached hydrogen (secondary N) is 1. The van der Waals surface area contributed by atoms with Crippen LogP contribution in [0, 0.1) is 6.92 Å². The fourth-order valence-electron chi connectivity index (χ4n) is 2.67. The number of halogens is 2. The van der Waals surface area contributed by atoms with E-state index in [-0.39, 0.29) is 24.8 Å². The van der Waals surface area contributed by atoms with E-state index in [0.717, 1.165) is 43.6 Å². The van der Waals surface area contributed by atoms with Gasteiger partial charge in [0, 0.05) is 19.3 Å². The Morgan fingerprint density at radius 3 is 2.52 bits per heavy atom. The maximum Gasteiger partial charge on any atom is 0.130 e. The Hall–Kier alpha value is -1.82. The fourth-order valence-corrected chi connectivity index (χ4v) is 2.67. The first-order valence-corrected chi connectivity index (χ1v) is 7.84. The van der Waals surface area contributed by atoms with E-state index in [9.17, 15) is 0 Å². The molecule has 0 radical (unpaired) electrons. The lowest BCUT2D eigenvalue weighted by molar-refractivity contribution is 0.323. The zero-order valence-electron chi connectivity index (χ0n) is 14.4. The van der Waals surface area contributed by atoms with Crippen LogP contribution in [0.1, 0.15) is 17.8 Å². The van der Waals surface area contributed by atoms with Crippen molar-refractivity contribution < 1.29 is 4.74 Å². The van der Waals surface area contributed by atoms with Gasteiger partial charge in [-0.2, -0.15) is 0 Å². The van der Waals surface area contributed by atoms with Crippen LogP contribution in [0.3, 0.4) is 0 Å². The minimum atomic E-state index is 0. The van der Waals surface area contributed by atoms with Gasteiger partial charge in [-0.05, 0) is 42.7 Å². The molecule has 0 unspecified atom stereocenters. The molecule has 1 aliphatic heterocycles. The molecule has 0 saturated carbocycles. The van der Waals surface area contributed by atoms with Gasteiger partial charge < -0.3 is 10.1 Å². The number of methoxy groups -OCH3 is 1. The lowest BCUT2D eigenvalue weighted by Gasteiger charge is -2.26. The summed E-state index contributed by atoms with van der Waals surface area (Å²) in [6.45, 7) is 4.67. The normalized spacial score (nSPS) is 13.9. The molecule has 0 atom stereocenters. The Balaban J connectivity index is 0.00000156. The Morgan fingerprint density at radius 2 is 1.92 bits per heavy atom. The summed E-state index contributed by atoms with van der Waals surface area (Å²) in [5.41, 5.74) is 2.69. The monoisotopic (exact) mass is 382 g/mol. The van der Waals surface area contributed by atoms with Crippen LogP contribution in [0.25, 0.3) is 5.57 Å². The van der Waals surface area contributed by atoms with E-state index in [1.54, 1.807) is 13.3 Å². The highest BCUT2D eigenvalue weighted by Crippen LogP contribution is 2.24. The third-order valence-electron chi connectivity index (χ3n) is 4.01. The highest BCUT2D eigenvalue weighted by atomic mass is 35.5. The van der Waals surface area contributed by atoms with E-state index >= 15 is 0 Å². The number of aryl methyl sites for hydroxylation is 1. The molecule has 25 heavy (non-hydrogen) atoms. The molecule has 1 N–H and O–H groups in total. The largest absolute Gasteiger partial charge is 0.497 e. The Bertz CT molecular complexity index is 692. The van der Waals surface area contributed by atoms with Crippen LogP contribution in [-0.4, -0.2) is 41.7 Å². The summed E-state index contributed by atoms with van der Waals surface area (Å²) in [5, 5.41) is 3.35. The number of hydrogen-bond acceptors (Lipinski definition) is 5. The molecule has 1 aliphatic rings. The van der Waals surface area contributed by atoms with E-state index in [1.165, 1.54) is 11.1 Å². The summed E-state index contributed by atoms with van der Waals surface area (Å²) in [5.74, 6) is 2.56. The Kier molecular flexibility index (Phi) is 8.69. The highest BCUT2D eigenvalue weighted by molar-refractivity contribution is 5.85. The summed E-state index contributed by atoms with van der Waals surface area (Å²) in [4.78, 5) is 10.8. The van der Waals surface area contributed by atoms with Gasteiger partial charge in [-0.3, -0.25) is 4.90 Å². The maximum absolute atomic E-state index is 5.21. The third-order valence-corrected chi connectivity index (χ3v) is 4.01. The molecule has 2 aromatic rings. The van der Waals surface area contributed by atoms with Gasteiger partial charge in [0.25, 0.3) is 0 Å². The molecule has 2 heterocycles. The summed E-state index contributed by atoms with van der Waals surface area (Å²) in [6.07, 6.45) is 5.14. The van der Waals surface area contributed by atoms with Crippen LogP contribution < -0.4 is 10.1 Å². The first-order valence-electron chi connectivity index (χ1n) is 7.84. The highest BCUT2D eigenvalue weighted by Gasteiger charge is 2.12. The molecule has 3 rings (SSSR count). The first kappa shape index (κ1) is 21.2. The molecule has 0 bridgehead atoms. The van der Waals surface area contributed by atoms with Crippen molar-refractivity contribution in [2.45, 2.75) is 13.3 Å². The van der Waals surface area contributed by atoms with Gasteiger partial charge in [0.15, 0.2) is 0 Å². The molecule has 5 nitrogen and oxygen atoms in total. The Labute approximate surface area is 161 Å². The van der Waals surface area contributed by atoms with Crippen molar-refractivity contribution in [2.75, 3.05) is 32.2 Å². The molecule has 0 saturated heterocycles. The molecule has 7 heteroatoms. The standard InChI is InChI=1S/C18H22N4O.2ClH/c1-14-19-10-7-18(21-14)20-13-22-11-8-16(9-12-22)15-3-5-17(23-2)6-4-15;;/h3-8,10H,9,11-13H2,1-2H3,(H,19,20,21);2*1H. The first-order chi connectivity index (χ1) is 11.2. The molecule has 0 spiro atoms. The van der Waals surface area contributed by atoms with Gasteiger partial charge in [-0.1, -0.05) is 18.2 Å². The van der Waals surface area contributed by atoms with Gasteiger partial charge in [-0.15, -0.1) is 24.8 Å². The van der Waals surface area contributed by atoms with Crippen molar-refractivity contribution in [2.24, 2.45) is 0 Å². The quantitative estimate of drug-likeness (QED) is 0.851. The second-order valence-electron chi connectivity index (χ2n) is 5.61. The van der Waals surface area contributed by atoms with Crippen molar-refractivity contribution in [1.29, 1.82) is 0 Å². The molecular formula is C18H24Cl2N4O. The van der Waals surface area contributed by atoms with Crippen LogP contribution in [0.2, 0.25) is 0 Å². The minimum Gasteiger partial charge on any atom is -0.497 e. The van der Waals surface area contributed by atoms with E-state index in [2.05, 4.69) is 38.4 Å². The van der Waals surface area contributed by atoms with Crippen LogP contribution in [0.4, 0.5) is 5.82 Å². The van der Waals surface area contributed by atoms with E-state index in [1.807, 2.05) is 25.1 Å². The SMILES string of the molecule is COc1ccc(C2=CCN(CNc3ccnc(C)n3)CC2)cc1.Cl.Cl. The molecule has 1 aromatic carbocycles. The number of rotatable bonds is 5. The molecule has 0 aliphatic carbocycles. The molecule has 0 fully saturated rings. The number of ether oxygens (including phenoxy) is 1. The van der Waals surface area contributed by atoms with Crippen LogP contribution in [-0.2, 0) is 0 Å². The van der Waals surface area contributed by atoms with Crippen molar-refractivity contribution in [3.8, 4) is 5.75 Å². The minimum absolute atomic E-state index is 0. The second-order valence-corrected chi connectivity index (χ2v) is 5.61.